The van der Waals surface area contributed by atoms with Crippen LogP contribution in [0.1, 0.15) is 0 Å². The quantitative estimate of drug-likeness (QED) is 0.0889. The topological polar surface area (TPSA) is 6.48 Å². The zero-order valence-corrected chi connectivity index (χ0v) is 45.1. The number of benzene rings is 12. The van der Waals surface area contributed by atoms with Crippen LogP contribution in [0.15, 0.2) is 255 Å². The van der Waals surface area contributed by atoms with Gasteiger partial charge in [0, 0.05) is 44.3 Å². The van der Waals surface area contributed by atoms with Gasteiger partial charge in [-0.25, -0.2) is 0 Å². The lowest BCUT2D eigenvalue weighted by Crippen LogP contribution is -2.37. The van der Waals surface area contributed by atoms with Crippen LogP contribution in [-0.4, -0.2) is 16.1 Å². The second-order valence-corrected chi connectivity index (χ2v) is 31.9. The standard InChI is InChI=1S/C70H60N2Si2/c1-73(2,3)59-39-35-57(36-40-59)71(55-31-27-51(28-32-55)49-19-11-7-12-20-49)67-47-65(53-23-15-9-16-24-53)61-44-46-64-68(48-66(54-25-17-10-18-26-54)62-43-45-63(67)69(61)70(62)64)72(58-37-41-60(42-38-58)74(4,5)6)56-33-29-52(30-34-56)50-21-13-8-14-22-50/h7-48H,1-6H3. The van der Waals surface area contributed by atoms with Gasteiger partial charge in [0.2, 0.25) is 0 Å². The second kappa shape index (κ2) is 19.0. The van der Waals surface area contributed by atoms with Gasteiger partial charge in [-0.2, -0.15) is 0 Å². The van der Waals surface area contributed by atoms with Crippen LogP contribution in [0, 0.1) is 0 Å². The fourth-order valence-electron chi connectivity index (χ4n) is 11.0. The molecule has 0 saturated carbocycles. The molecule has 0 aliphatic rings. The minimum absolute atomic E-state index is 1.11. The summed E-state index contributed by atoms with van der Waals surface area (Å²) in [6.45, 7) is 14.6. The van der Waals surface area contributed by atoms with Crippen molar-refractivity contribution in [3.05, 3.63) is 255 Å². The summed E-state index contributed by atoms with van der Waals surface area (Å²) in [6.07, 6.45) is 0. The smallest absolute Gasteiger partial charge is 0.0775 e. The summed E-state index contributed by atoms with van der Waals surface area (Å²) in [5, 5.41) is 10.3. The van der Waals surface area contributed by atoms with Crippen molar-refractivity contribution in [2.24, 2.45) is 0 Å². The van der Waals surface area contributed by atoms with Gasteiger partial charge in [-0.3, -0.25) is 0 Å². The molecule has 12 aromatic carbocycles. The summed E-state index contributed by atoms with van der Waals surface area (Å²) in [4.78, 5) is 5.00. The highest BCUT2D eigenvalue weighted by molar-refractivity contribution is 6.89. The number of hydrogen-bond acceptors (Lipinski definition) is 2. The molecule has 0 aromatic heterocycles. The van der Waals surface area contributed by atoms with Crippen LogP contribution in [0.3, 0.4) is 0 Å². The van der Waals surface area contributed by atoms with E-state index in [1.807, 2.05) is 0 Å². The molecule has 0 spiro atoms. The summed E-state index contributed by atoms with van der Waals surface area (Å²) >= 11 is 0. The molecule has 12 aromatic rings. The van der Waals surface area contributed by atoms with E-state index in [0.29, 0.717) is 0 Å². The lowest BCUT2D eigenvalue weighted by Gasteiger charge is -2.31. The third kappa shape index (κ3) is 8.70. The van der Waals surface area contributed by atoms with E-state index in [9.17, 15) is 0 Å². The number of rotatable bonds is 12. The summed E-state index contributed by atoms with van der Waals surface area (Å²) in [7, 11) is -3.17. The molecule has 0 atom stereocenters. The molecule has 0 bridgehead atoms. The first-order chi connectivity index (χ1) is 36.0. The van der Waals surface area contributed by atoms with Crippen LogP contribution >= 0.6 is 0 Å². The highest BCUT2D eigenvalue weighted by Gasteiger charge is 2.27. The molecule has 0 unspecified atom stereocenters. The SMILES string of the molecule is C[Si](C)(C)c1ccc(N(c2ccc(-c3ccccc3)cc2)c2cc(-c3ccccc3)c3ccc4c(N(c5ccc(-c6ccccc6)cc5)c5ccc([Si](C)(C)C)cc5)cc(-c5ccccc5)c5ccc2c3c54)cc1. The molecular formula is C70H60N2Si2. The predicted molar refractivity (Wildman–Crippen MR) is 327 cm³/mol. The van der Waals surface area contributed by atoms with Gasteiger partial charge in [0.05, 0.1) is 27.5 Å². The van der Waals surface area contributed by atoms with Crippen molar-refractivity contribution in [1.82, 2.24) is 0 Å². The van der Waals surface area contributed by atoms with Gasteiger partial charge in [0.25, 0.3) is 0 Å². The molecule has 0 N–H and O–H groups in total. The first-order valence-electron chi connectivity index (χ1n) is 26.0. The molecule has 0 fully saturated rings. The van der Waals surface area contributed by atoms with E-state index in [2.05, 4.69) is 304 Å². The Labute approximate surface area is 438 Å². The van der Waals surface area contributed by atoms with Crippen LogP contribution in [0.25, 0.3) is 76.8 Å². The summed E-state index contributed by atoms with van der Waals surface area (Å²) in [5.41, 5.74) is 16.3. The van der Waals surface area contributed by atoms with E-state index in [0.717, 1.165) is 34.1 Å². The highest BCUT2D eigenvalue weighted by Crippen LogP contribution is 2.52. The Kier molecular flexibility index (Phi) is 12.0. The van der Waals surface area contributed by atoms with Crippen LogP contribution in [0.4, 0.5) is 34.1 Å². The van der Waals surface area contributed by atoms with Gasteiger partial charge in [-0.15, -0.1) is 0 Å². The Bertz CT molecular complexity index is 3640. The molecule has 0 aliphatic carbocycles. The largest absolute Gasteiger partial charge is 0.310 e. The zero-order valence-electron chi connectivity index (χ0n) is 43.1. The Morgan fingerprint density at radius 3 is 0.797 bits per heavy atom. The van der Waals surface area contributed by atoms with Crippen molar-refractivity contribution in [2.75, 3.05) is 9.80 Å². The van der Waals surface area contributed by atoms with Crippen molar-refractivity contribution in [3.63, 3.8) is 0 Å². The Morgan fingerprint density at radius 1 is 0.243 bits per heavy atom. The van der Waals surface area contributed by atoms with E-state index < -0.39 is 16.1 Å². The molecule has 358 valence electrons. The first-order valence-corrected chi connectivity index (χ1v) is 33.0. The maximum absolute atomic E-state index is 2.50. The minimum Gasteiger partial charge on any atom is -0.310 e. The van der Waals surface area contributed by atoms with Gasteiger partial charge in [0.15, 0.2) is 0 Å². The van der Waals surface area contributed by atoms with Gasteiger partial charge in [-0.05, 0) is 116 Å². The molecular weight excluding hydrogens is 925 g/mol. The normalized spacial score (nSPS) is 11.9. The molecule has 0 saturated heterocycles. The third-order valence-corrected chi connectivity index (χ3v) is 19.1. The first kappa shape index (κ1) is 46.8. The molecule has 12 rings (SSSR count). The van der Waals surface area contributed by atoms with Crippen molar-refractivity contribution in [3.8, 4) is 44.5 Å². The average Bonchev–Trinajstić information content (AvgIpc) is 3.44. The van der Waals surface area contributed by atoms with Crippen molar-refractivity contribution in [2.45, 2.75) is 39.3 Å². The lowest BCUT2D eigenvalue weighted by molar-refractivity contribution is 1.30. The van der Waals surface area contributed by atoms with Crippen LogP contribution in [0.5, 0.6) is 0 Å². The van der Waals surface area contributed by atoms with Crippen molar-refractivity contribution < 1.29 is 0 Å². The molecule has 0 heterocycles. The number of nitrogens with zero attached hydrogens (tertiary/aromatic N) is 2. The van der Waals surface area contributed by atoms with Crippen molar-refractivity contribution >= 4 is 93.0 Å². The van der Waals surface area contributed by atoms with E-state index in [4.69, 9.17) is 0 Å². The maximum atomic E-state index is 2.50. The fraction of sp³-hybridized carbons (Fsp3) is 0.0857. The predicted octanol–water partition coefficient (Wildman–Crippen LogP) is 19.3. The molecule has 2 nitrogen and oxygen atoms in total. The zero-order chi connectivity index (χ0) is 50.6. The second-order valence-electron chi connectivity index (χ2n) is 21.8. The monoisotopic (exact) mass is 984 g/mol. The van der Waals surface area contributed by atoms with Crippen LogP contribution < -0.4 is 20.2 Å². The van der Waals surface area contributed by atoms with Crippen molar-refractivity contribution in [1.29, 1.82) is 0 Å². The Hall–Kier alpha value is -8.29. The minimum atomic E-state index is -1.58. The average molecular weight is 985 g/mol. The van der Waals surface area contributed by atoms with E-state index in [-0.39, 0.29) is 0 Å². The van der Waals surface area contributed by atoms with E-state index in [1.165, 1.54) is 87.2 Å². The van der Waals surface area contributed by atoms with Gasteiger partial charge in [-0.1, -0.05) is 244 Å². The number of anilines is 6. The maximum Gasteiger partial charge on any atom is 0.0775 e. The van der Waals surface area contributed by atoms with Gasteiger partial charge in [0.1, 0.15) is 0 Å². The van der Waals surface area contributed by atoms with Crippen LogP contribution in [-0.2, 0) is 0 Å². The molecule has 0 radical (unpaired) electrons. The highest BCUT2D eigenvalue weighted by atomic mass is 28.3. The third-order valence-electron chi connectivity index (χ3n) is 15.0. The van der Waals surface area contributed by atoms with Gasteiger partial charge < -0.3 is 9.80 Å². The summed E-state index contributed by atoms with van der Waals surface area (Å²) in [5.74, 6) is 0. The van der Waals surface area contributed by atoms with Crippen LogP contribution in [0.2, 0.25) is 39.3 Å². The van der Waals surface area contributed by atoms with E-state index >= 15 is 0 Å². The summed E-state index contributed by atoms with van der Waals surface area (Å²) in [6, 6.07) is 95.1. The van der Waals surface area contributed by atoms with E-state index in [1.54, 1.807) is 0 Å². The Morgan fingerprint density at radius 2 is 0.500 bits per heavy atom. The lowest BCUT2D eigenvalue weighted by atomic mass is 9.85. The number of hydrogen-bond donors (Lipinski definition) is 0. The molecule has 74 heavy (non-hydrogen) atoms. The Balaban J connectivity index is 1.17. The van der Waals surface area contributed by atoms with Gasteiger partial charge >= 0.3 is 0 Å². The summed E-state index contributed by atoms with van der Waals surface area (Å²) < 4.78 is 0. The molecule has 0 aliphatic heterocycles. The molecule has 0 amide bonds. The molecule has 4 heteroatoms. The fourth-order valence-corrected chi connectivity index (χ4v) is 13.3.